The Morgan fingerprint density at radius 2 is 2.22 bits per heavy atom. The smallest absolute Gasteiger partial charge is 0.277 e. The van der Waals surface area contributed by atoms with Crippen molar-refractivity contribution in [1.82, 2.24) is 9.97 Å². The molecule has 1 amide bonds. The summed E-state index contributed by atoms with van der Waals surface area (Å²) in [6, 6.07) is 5.17. The average Bonchev–Trinajstić information content (AvgIpc) is 2.33. The van der Waals surface area contributed by atoms with Crippen LogP contribution in [0, 0.1) is 6.92 Å². The minimum Gasteiger partial charge on any atom is -0.397 e. The molecule has 0 radical (unpaired) electrons. The van der Waals surface area contributed by atoms with Crippen LogP contribution < -0.4 is 11.1 Å². The predicted octanol–water partition coefficient (Wildman–Crippen LogP) is 2.38. The number of anilines is 2. The molecule has 0 atom stereocenters. The van der Waals surface area contributed by atoms with Gasteiger partial charge in [0.2, 0.25) is 0 Å². The maximum absolute atomic E-state index is 12.0. The normalized spacial score (nSPS) is 10.1. The Bertz CT molecular complexity index is 600. The molecular weight excluding hydrogens is 296 g/mol. The highest BCUT2D eigenvalue weighted by Crippen LogP contribution is 2.18. The van der Waals surface area contributed by atoms with Crippen LogP contribution in [0.25, 0.3) is 0 Å². The maximum Gasteiger partial charge on any atom is 0.277 e. The van der Waals surface area contributed by atoms with Crippen molar-refractivity contribution in [2.75, 3.05) is 11.1 Å². The highest BCUT2D eigenvalue weighted by Gasteiger charge is 2.12. The summed E-state index contributed by atoms with van der Waals surface area (Å²) < 4.78 is 0.857. The van der Waals surface area contributed by atoms with Crippen LogP contribution in [-0.2, 0) is 0 Å². The molecular formula is C12H11BrN4O. The zero-order valence-electron chi connectivity index (χ0n) is 9.64. The van der Waals surface area contributed by atoms with Gasteiger partial charge in [0.15, 0.2) is 5.69 Å². The summed E-state index contributed by atoms with van der Waals surface area (Å²) in [6.45, 7) is 1.86. The summed E-state index contributed by atoms with van der Waals surface area (Å²) in [4.78, 5) is 20.0. The van der Waals surface area contributed by atoms with Gasteiger partial charge < -0.3 is 11.1 Å². The van der Waals surface area contributed by atoms with Crippen molar-refractivity contribution >= 4 is 33.3 Å². The van der Waals surface area contributed by atoms with E-state index in [9.17, 15) is 4.79 Å². The number of nitrogens with one attached hydrogen (secondary N) is 1. The fourth-order valence-corrected chi connectivity index (χ4v) is 1.89. The summed E-state index contributed by atoms with van der Waals surface area (Å²) in [5.74, 6) is 0.124. The van der Waals surface area contributed by atoms with Gasteiger partial charge in [-0.3, -0.25) is 4.79 Å². The molecule has 0 aromatic carbocycles. The third kappa shape index (κ3) is 2.65. The Kier molecular flexibility index (Phi) is 3.57. The van der Waals surface area contributed by atoms with Crippen molar-refractivity contribution in [3.8, 4) is 0 Å². The van der Waals surface area contributed by atoms with Gasteiger partial charge in [-0.1, -0.05) is 0 Å². The molecule has 0 unspecified atom stereocenters. The van der Waals surface area contributed by atoms with Crippen molar-refractivity contribution in [3.63, 3.8) is 0 Å². The van der Waals surface area contributed by atoms with Gasteiger partial charge in [0.25, 0.3) is 5.91 Å². The lowest BCUT2D eigenvalue weighted by Crippen LogP contribution is -2.17. The number of aryl methyl sites for hydroxylation is 1. The molecule has 5 nitrogen and oxygen atoms in total. The minimum atomic E-state index is -0.369. The van der Waals surface area contributed by atoms with E-state index >= 15 is 0 Å². The second kappa shape index (κ2) is 5.14. The number of nitrogens with two attached hydrogens (primary N) is 1. The number of carbonyl (C=O) groups excluding carboxylic acids is 1. The van der Waals surface area contributed by atoms with E-state index in [4.69, 9.17) is 5.73 Å². The number of pyridine rings is 2. The third-order valence-corrected chi connectivity index (χ3v) is 2.76. The summed E-state index contributed by atoms with van der Waals surface area (Å²) in [5, 5.41) is 2.68. The molecule has 0 aliphatic heterocycles. The molecule has 92 valence electrons. The van der Waals surface area contributed by atoms with Crippen molar-refractivity contribution in [3.05, 3.63) is 46.3 Å². The molecule has 3 N–H and O–H groups in total. The fraction of sp³-hybridized carbons (Fsp3) is 0.0833. The summed E-state index contributed by atoms with van der Waals surface area (Å²) >= 11 is 3.31. The first-order chi connectivity index (χ1) is 8.58. The predicted molar refractivity (Wildman–Crippen MR) is 73.3 cm³/mol. The topological polar surface area (TPSA) is 80.9 Å². The number of halogens is 1. The molecule has 0 fully saturated rings. The molecule has 0 saturated carbocycles. The molecule has 0 spiro atoms. The van der Waals surface area contributed by atoms with E-state index in [1.165, 1.54) is 6.20 Å². The monoisotopic (exact) mass is 306 g/mol. The first-order valence-electron chi connectivity index (χ1n) is 5.22. The SMILES string of the molecule is Cc1cc(Br)cnc1NC(=O)c1ncccc1N. The minimum absolute atomic E-state index is 0.196. The molecule has 18 heavy (non-hydrogen) atoms. The molecule has 0 saturated heterocycles. The van der Waals surface area contributed by atoms with Crippen LogP contribution in [-0.4, -0.2) is 15.9 Å². The summed E-state index contributed by atoms with van der Waals surface area (Å²) in [7, 11) is 0. The van der Waals surface area contributed by atoms with Crippen LogP contribution >= 0.6 is 15.9 Å². The number of hydrogen-bond donors (Lipinski definition) is 2. The number of amides is 1. The molecule has 2 rings (SSSR count). The van der Waals surface area contributed by atoms with Gasteiger partial charge >= 0.3 is 0 Å². The first kappa shape index (κ1) is 12.5. The molecule has 2 aromatic heterocycles. The number of aromatic nitrogens is 2. The van der Waals surface area contributed by atoms with Crippen LogP contribution in [0.2, 0.25) is 0 Å². The zero-order chi connectivity index (χ0) is 13.1. The Hall–Kier alpha value is -1.95. The second-order valence-electron chi connectivity index (χ2n) is 3.71. The Morgan fingerprint density at radius 1 is 1.44 bits per heavy atom. The molecule has 0 bridgehead atoms. The van der Waals surface area contributed by atoms with E-state index in [-0.39, 0.29) is 11.6 Å². The lowest BCUT2D eigenvalue weighted by atomic mass is 10.2. The number of nitrogens with zero attached hydrogens (tertiary/aromatic N) is 2. The molecule has 6 heteroatoms. The van der Waals surface area contributed by atoms with E-state index in [0.29, 0.717) is 11.5 Å². The van der Waals surface area contributed by atoms with Gasteiger partial charge in [0, 0.05) is 16.9 Å². The fourth-order valence-electron chi connectivity index (χ4n) is 1.45. The van der Waals surface area contributed by atoms with Crippen LogP contribution in [0.5, 0.6) is 0 Å². The maximum atomic E-state index is 12.0. The van der Waals surface area contributed by atoms with E-state index in [0.717, 1.165) is 10.0 Å². The molecule has 2 aromatic rings. The highest BCUT2D eigenvalue weighted by atomic mass is 79.9. The lowest BCUT2D eigenvalue weighted by molar-refractivity contribution is 0.102. The lowest BCUT2D eigenvalue weighted by Gasteiger charge is -2.08. The van der Waals surface area contributed by atoms with Crippen LogP contribution in [0.1, 0.15) is 16.1 Å². The van der Waals surface area contributed by atoms with Gasteiger partial charge in [-0.25, -0.2) is 9.97 Å². The van der Waals surface area contributed by atoms with Gasteiger partial charge in [0.05, 0.1) is 5.69 Å². The highest BCUT2D eigenvalue weighted by molar-refractivity contribution is 9.10. The number of carbonyl (C=O) groups is 1. The molecule has 0 aliphatic rings. The average molecular weight is 307 g/mol. The summed E-state index contributed by atoms with van der Waals surface area (Å²) in [5.41, 5.74) is 7.07. The first-order valence-corrected chi connectivity index (χ1v) is 6.01. The number of rotatable bonds is 2. The van der Waals surface area contributed by atoms with E-state index in [2.05, 4.69) is 31.2 Å². The molecule has 0 aliphatic carbocycles. The van der Waals surface area contributed by atoms with Crippen molar-refractivity contribution < 1.29 is 4.79 Å². The van der Waals surface area contributed by atoms with E-state index in [1.807, 2.05) is 13.0 Å². The Balaban J connectivity index is 2.24. The Morgan fingerprint density at radius 3 is 2.89 bits per heavy atom. The van der Waals surface area contributed by atoms with Gasteiger partial charge in [-0.2, -0.15) is 0 Å². The number of nitrogen functional groups attached to an aromatic ring is 1. The quantitative estimate of drug-likeness (QED) is 0.892. The van der Waals surface area contributed by atoms with Gasteiger partial charge in [-0.05, 0) is 46.6 Å². The second-order valence-corrected chi connectivity index (χ2v) is 4.63. The number of hydrogen-bond acceptors (Lipinski definition) is 4. The van der Waals surface area contributed by atoms with Gasteiger partial charge in [-0.15, -0.1) is 0 Å². The van der Waals surface area contributed by atoms with Crippen LogP contribution in [0.15, 0.2) is 35.1 Å². The van der Waals surface area contributed by atoms with E-state index < -0.39 is 0 Å². The van der Waals surface area contributed by atoms with Crippen molar-refractivity contribution in [2.45, 2.75) is 6.92 Å². The van der Waals surface area contributed by atoms with Crippen molar-refractivity contribution in [2.24, 2.45) is 0 Å². The van der Waals surface area contributed by atoms with Crippen molar-refractivity contribution in [1.29, 1.82) is 0 Å². The Labute approximate surface area is 113 Å². The standard InChI is InChI=1S/C12H11BrN4O/c1-7-5-8(13)6-16-11(7)17-12(18)10-9(14)3-2-4-15-10/h2-6H,14H2,1H3,(H,16,17,18). The third-order valence-electron chi connectivity index (χ3n) is 2.33. The molecule has 2 heterocycles. The summed E-state index contributed by atoms with van der Waals surface area (Å²) in [6.07, 6.45) is 3.14. The van der Waals surface area contributed by atoms with Crippen LogP contribution in [0.3, 0.4) is 0 Å². The van der Waals surface area contributed by atoms with E-state index in [1.54, 1.807) is 18.3 Å². The van der Waals surface area contributed by atoms with Gasteiger partial charge in [0.1, 0.15) is 5.82 Å². The van der Waals surface area contributed by atoms with Crippen LogP contribution in [0.4, 0.5) is 11.5 Å². The zero-order valence-corrected chi connectivity index (χ0v) is 11.2. The largest absolute Gasteiger partial charge is 0.397 e.